The van der Waals surface area contributed by atoms with Gasteiger partial charge in [0.25, 0.3) is 5.91 Å². The summed E-state index contributed by atoms with van der Waals surface area (Å²) >= 11 is 5.96. The molecule has 1 unspecified atom stereocenters. The van der Waals surface area contributed by atoms with Crippen molar-refractivity contribution in [2.24, 2.45) is 5.92 Å². The first-order chi connectivity index (χ1) is 8.49. The Bertz CT molecular complexity index is 483. The molecule has 0 bridgehead atoms. The van der Waals surface area contributed by atoms with E-state index in [2.05, 4.69) is 16.4 Å². The van der Waals surface area contributed by atoms with Crippen LogP contribution in [0.4, 0.5) is 5.82 Å². The topological polar surface area (TPSA) is 69.0 Å². The quantitative estimate of drug-likeness (QED) is 0.905. The summed E-state index contributed by atoms with van der Waals surface area (Å²) in [5.74, 6) is 0.0499. The molecule has 1 N–H and O–H groups in total. The lowest BCUT2D eigenvalue weighted by molar-refractivity contribution is 0.0779. The van der Waals surface area contributed by atoms with Crippen LogP contribution in [0.15, 0.2) is 12.1 Å². The third kappa shape index (κ3) is 3.34. The number of pyridine rings is 1. The van der Waals surface area contributed by atoms with Gasteiger partial charge in [0.15, 0.2) is 0 Å². The fourth-order valence-corrected chi connectivity index (χ4v) is 1.63. The minimum absolute atomic E-state index is 0.191. The number of nitrogens with one attached hydrogen (secondary N) is 1. The molecule has 0 aliphatic heterocycles. The Hall–Kier alpha value is -1.80. The maximum atomic E-state index is 12.1. The van der Waals surface area contributed by atoms with Crippen LogP contribution in [0.1, 0.15) is 17.4 Å². The molecule has 0 saturated heterocycles. The predicted molar refractivity (Wildman–Crippen MR) is 70.5 cm³/mol. The monoisotopic (exact) mass is 266 g/mol. The van der Waals surface area contributed by atoms with Gasteiger partial charge in [0.1, 0.15) is 11.5 Å². The molecule has 1 aromatic rings. The van der Waals surface area contributed by atoms with Gasteiger partial charge in [-0.05, 0) is 19.1 Å². The number of nitriles is 1. The van der Waals surface area contributed by atoms with E-state index in [1.54, 1.807) is 33.2 Å². The van der Waals surface area contributed by atoms with Gasteiger partial charge in [-0.25, -0.2) is 4.98 Å². The molecule has 18 heavy (non-hydrogen) atoms. The zero-order chi connectivity index (χ0) is 13.7. The second kappa shape index (κ2) is 6.22. The van der Waals surface area contributed by atoms with Crippen molar-refractivity contribution in [3.05, 3.63) is 22.8 Å². The zero-order valence-corrected chi connectivity index (χ0v) is 11.3. The molecule has 1 heterocycles. The Morgan fingerprint density at radius 2 is 2.33 bits per heavy atom. The highest BCUT2D eigenvalue weighted by Gasteiger charge is 2.18. The summed E-state index contributed by atoms with van der Waals surface area (Å²) < 4.78 is 0. The first kappa shape index (κ1) is 14.3. The summed E-state index contributed by atoms with van der Waals surface area (Å²) in [6.07, 6.45) is 0. The van der Waals surface area contributed by atoms with Gasteiger partial charge in [-0.1, -0.05) is 11.6 Å². The summed E-state index contributed by atoms with van der Waals surface area (Å²) in [4.78, 5) is 17.7. The highest BCUT2D eigenvalue weighted by Crippen LogP contribution is 2.18. The molecule has 0 spiro atoms. The van der Waals surface area contributed by atoms with Gasteiger partial charge in [-0.2, -0.15) is 5.26 Å². The number of halogens is 1. The van der Waals surface area contributed by atoms with Crippen LogP contribution in [0.25, 0.3) is 0 Å². The lowest BCUT2D eigenvalue weighted by Crippen LogP contribution is -2.31. The molecular formula is C12H15ClN4O. The standard InChI is InChI=1S/C12H15ClN4O/c1-8(6-14)7-17(3)12(18)11-9(13)4-5-10(15-2)16-11/h4-5,8H,7H2,1-3H3,(H,15,16). The highest BCUT2D eigenvalue weighted by atomic mass is 35.5. The SMILES string of the molecule is CNc1ccc(Cl)c(C(=O)N(C)CC(C)C#N)n1. The van der Waals surface area contributed by atoms with Crippen LogP contribution >= 0.6 is 11.6 Å². The molecule has 1 amide bonds. The van der Waals surface area contributed by atoms with Crippen molar-refractivity contribution in [3.8, 4) is 6.07 Å². The van der Waals surface area contributed by atoms with E-state index in [-0.39, 0.29) is 17.5 Å². The smallest absolute Gasteiger partial charge is 0.273 e. The molecule has 0 aliphatic carbocycles. The van der Waals surface area contributed by atoms with Crippen LogP contribution in [0, 0.1) is 17.2 Å². The Morgan fingerprint density at radius 1 is 1.67 bits per heavy atom. The largest absolute Gasteiger partial charge is 0.373 e. The van der Waals surface area contributed by atoms with Crippen LogP contribution in [0.2, 0.25) is 5.02 Å². The minimum atomic E-state index is -0.292. The maximum Gasteiger partial charge on any atom is 0.273 e. The molecule has 1 rings (SSSR count). The van der Waals surface area contributed by atoms with Crippen LogP contribution in [-0.4, -0.2) is 36.4 Å². The molecule has 0 aromatic carbocycles. The van der Waals surface area contributed by atoms with Crippen molar-refractivity contribution >= 4 is 23.3 Å². The second-order valence-electron chi connectivity index (χ2n) is 3.99. The van der Waals surface area contributed by atoms with Gasteiger partial charge in [-0.15, -0.1) is 0 Å². The number of nitrogens with zero attached hydrogens (tertiary/aromatic N) is 3. The Balaban J connectivity index is 2.93. The van der Waals surface area contributed by atoms with Gasteiger partial charge < -0.3 is 10.2 Å². The van der Waals surface area contributed by atoms with Crippen LogP contribution in [0.5, 0.6) is 0 Å². The second-order valence-corrected chi connectivity index (χ2v) is 4.40. The van der Waals surface area contributed by atoms with Crippen molar-refractivity contribution in [3.63, 3.8) is 0 Å². The number of anilines is 1. The Morgan fingerprint density at radius 3 is 2.89 bits per heavy atom. The fourth-order valence-electron chi connectivity index (χ4n) is 1.45. The van der Waals surface area contributed by atoms with Crippen molar-refractivity contribution in [1.82, 2.24) is 9.88 Å². The molecule has 0 radical (unpaired) electrons. The summed E-state index contributed by atoms with van der Waals surface area (Å²) in [7, 11) is 3.34. The fraction of sp³-hybridized carbons (Fsp3) is 0.417. The maximum absolute atomic E-state index is 12.1. The van der Waals surface area contributed by atoms with Gasteiger partial charge in [0, 0.05) is 20.6 Å². The molecule has 5 nitrogen and oxygen atoms in total. The summed E-state index contributed by atoms with van der Waals surface area (Å²) in [5, 5.41) is 11.9. The number of amides is 1. The molecule has 0 fully saturated rings. The lowest BCUT2D eigenvalue weighted by Gasteiger charge is -2.18. The summed E-state index contributed by atoms with van der Waals surface area (Å²) in [5.41, 5.74) is 0.191. The van der Waals surface area contributed by atoms with E-state index in [4.69, 9.17) is 16.9 Å². The van der Waals surface area contributed by atoms with Crippen LogP contribution in [-0.2, 0) is 0 Å². The summed E-state index contributed by atoms with van der Waals surface area (Å²) in [6, 6.07) is 5.39. The number of aromatic nitrogens is 1. The van der Waals surface area contributed by atoms with Gasteiger partial charge in [0.05, 0.1) is 17.0 Å². The van der Waals surface area contributed by atoms with E-state index in [0.717, 1.165) is 0 Å². The first-order valence-electron chi connectivity index (χ1n) is 5.49. The average Bonchev–Trinajstić information content (AvgIpc) is 2.38. The van der Waals surface area contributed by atoms with Crippen LogP contribution < -0.4 is 5.32 Å². The Labute approximate surface area is 111 Å². The molecule has 1 aromatic heterocycles. The molecule has 0 saturated carbocycles. The molecular weight excluding hydrogens is 252 g/mol. The third-order valence-electron chi connectivity index (χ3n) is 2.42. The number of rotatable bonds is 4. The minimum Gasteiger partial charge on any atom is -0.373 e. The number of carbonyl (C=O) groups excluding carboxylic acids is 1. The van der Waals surface area contributed by atoms with Crippen molar-refractivity contribution < 1.29 is 4.79 Å². The van der Waals surface area contributed by atoms with Crippen molar-refractivity contribution in [2.45, 2.75) is 6.92 Å². The van der Waals surface area contributed by atoms with E-state index in [9.17, 15) is 4.79 Å². The molecule has 0 aliphatic rings. The van der Waals surface area contributed by atoms with E-state index in [1.807, 2.05) is 0 Å². The zero-order valence-electron chi connectivity index (χ0n) is 10.6. The van der Waals surface area contributed by atoms with Crippen molar-refractivity contribution in [2.75, 3.05) is 26.0 Å². The number of hydrogen-bond acceptors (Lipinski definition) is 4. The Kier molecular flexibility index (Phi) is 4.93. The summed E-state index contributed by atoms with van der Waals surface area (Å²) in [6.45, 7) is 2.10. The molecule has 6 heteroatoms. The van der Waals surface area contributed by atoms with Gasteiger partial charge >= 0.3 is 0 Å². The van der Waals surface area contributed by atoms with Crippen molar-refractivity contribution in [1.29, 1.82) is 5.26 Å². The van der Waals surface area contributed by atoms with Crippen LogP contribution in [0.3, 0.4) is 0 Å². The first-order valence-corrected chi connectivity index (χ1v) is 5.86. The number of hydrogen-bond donors (Lipinski definition) is 1. The van der Waals surface area contributed by atoms with Gasteiger partial charge in [0.2, 0.25) is 0 Å². The molecule has 1 atom stereocenters. The lowest BCUT2D eigenvalue weighted by atomic mass is 10.2. The number of carbonyl (C=O) groups is 1. The third-order valence-corrected chi connectivity index (χ3v) is 2.72. The normalized spacial score (nSPS) is 11.5. The molecule has 96 valence electrons. The van der Waals surface area contributed by atoms with Gasteiger partial charge in [-0.3, -0.25) is 4.79 Å². The van der Waals surface area contributed by atoms with E-state index in [0.29, 0.717) is 17.4 Å². The van der Waals surface area contributed by atoms with E-state index in [1.165, 1.54) is 4.90 Å². The predicted octanol–water partition coefficient (Wildman–Crippen LogP) is 2.01. The van der Waals surface area contributed by atoms with E-state index < -0.39 is 0 Å². The highest BCUT2D eigenvalue weighted by molar-refractivity contribution is 6.33. The average molecular weight is 267 g/mol. The van der Waals surface area contributed by atoms with E-state index >= 15 is 0 Å².